The van der Waals surface area contributed by atoms with E-state index in [0.29, 0.717) is 12.2 Å². The largest absolute Gasteiger partial charge is 0.356 e. The first kappa shape index (κ1) is 19.0. The number of hydrogen-bond donors (Lipinski definition) is 1. The number of unbranched alkanes of at least 4 members (excludes halogenated alkanes) is 1. The summed E-state index contributed by atoms with van der Waals surface area (Å²) in [5, 5.41) is 0. The third-order valence-electron chi connectivity index (χ3n) is 4.32. The molecule has 0 unspecified atom stereocenters. The number of nitrogens with zero attached hydrogens (tertiary/aromatic N) is 3. The van der Waals surface area contributed by atoms with E-state index >= 15 is 0 Å². The summed E-state index contributed by atoms with van der Waals surface area (Å²) in [6.45, 7) is 2.89. The van der Waals surface area contributed by atoms with Crippen molar-refractivity contribution in [3.8, 4) is 0 Å². The topological polar surface area (TPSA) is 76.7 Å². The molecule has 2 rings (SSSR count). The summed E-state index contributed by atoms with van der Waals surface area (Å²) in [6.07, 6.45) is 5.17. The van der Waals surface area contributed by atoms with E-state index in [4.69, 9.17) is 0 Å². The number of carbonyl (C=O) groups is 1. The predicted octanol–water partition coefficient (Wildman–Crippen LogP) is 1.21. The van der Waals surface area contributed by atoms with E-state index in [1.165, 1.54) is 16.6 Å². The van der Waals surface area contributed by atoms with Crippen LogP contribution in [-0.2, 0) is 10.0 Å². The Hall–Kier alpha value is -1.38. The van der Waals surface area contributed by atoms with Crippen LogP contribution >= 0.6 is 0 Å². The van der Waals surface area contributed by atoms with Gasteiger partial charge in [-0.05, 0) is 52.4 Å². The highest BCUT2D eigenvalue weighted by atomic mass is 32.2. The first-order valence-electron chi connectivity index (χ1n) is 8.41. The molecule has 0 saturated carbocycles. The van der Waals surface area contributed by atoms with Gasteiger partial charge in [0, 0.05) is 32.9 Å². The number of likely N-dealkylation sites (tertiary alicyclic amines) is 1. The monoisotopic (exact) mass is 356 g/mol. The van der Waals surface area contributed by atoms with Gasteiger partial charge in [0.15, 0.2) is 0 Å². The van der Waals surface area contributed by atoms with Gasteiger partial charge in [-0.15, -0.1) is 0 Å². The Kier molecular flexibility index (Phi) is 6.42. The van der Waals surface area contributed by atoms with Crippen LogP contribution in [0.5, 0.6) is 0 Å². The van der Waals surface area contributed by atoms with E-state index in [0.717, 1.165) is 45.3 Å². The molecule has 0 bridgehead atoms. The smallest absolute Gasteiger partial charge is 0.270 e. The van der Waals surface area contributed by atoms with E-state index in [2.05, 4.69) is 9.88 Å². The summed E-state index contributed by atoms with van der Waals surface area (Å²) in [5.41, 5.74) is 0.344. The molecule has 0 radical (unpaired) electrons. The van der Waals surface area contributed by atoms with E-state index in [9.17, 15) is 13.2 Å². The molecule has 0 aliphatic carbocycles. The van der Waals surface area contributed by atoms with Crippen LogP contribution in [0.3, 0.4) is 0 Å². The highest BCUT2D eigenvalue weighted by Gasteiger charge is 2.25. The fourth-order valence-corrected chi connectivity index (χ4v) is 4.00. The molecule has 2 heterocycles. The lowest BCUT2D eigenvalue weighted by Gasteiger charge is -2.17. The Morgan fingerprint density at radius 3 is 2.42 bits per heavy atom. The van der Waals surface area contributed by atoms with E-state index < -0.39 is 10.0 Å². The van der Waals surface area contributed by atoms with Crippen LogP contribution in [0.2, 0.25) is 0 Å². The van der Waals surface area contributed by atoms with Crippen molar-refractivity contribution in [1.82, 2.24) is 19.1 Å². The van der Waals surface area contributed by atoms with Gasteiger partial charge >= 0.3 is 0 Å². The zero-order chi connectivity index (χ0) is 17.7. The molecule has 136 valence electrons. The van der Waals surface area contributed by atoms with E-state index in [1.807, 2.05) is 14.1 Å². The van der Waals surface area contributed by atoms with Gasteiger partial charge in [-0.1, -0.05) is 0 Å². The second kappa shape index (κ2) is 8.13. The lowest BCUT2D eigenvalue weighted by Crippen LogP contribution is -2.29. The molecule has 1 amide bonds. The van der Waals surface area contributed by atoms with Crippen LogP contribution in [0.15, 0.2) is 17.2 Å². The fraction of sp³-hybridized carbons (Fsp3) is 0.688. The number of aromatic nitrogens is 1. The van der Waals surface area contributed by atoms with Gasteiger partial charge < -0.3 is 14.8 Å². The van der Waals surface area contributed by atoms with Gasteiger partial charge in [0.1, 0.15) is 10.6 Å². The van der Waals surface area contributed by atoms with Crippen LogP contribution in [0, 0.1) is 0 Å². The molecule has 1 saturated heterocycles. The summed E-state index contributed by atoms with van der Waals surface area (Å²) in [5.74, 6) is -0.123. The number of rotatable bonds is 8. The first-order chi connectivity index (χ1) is 11.3. The highest BCUT2D eigenvalue weighted by molar-refractivity contribution is 7.89. The van der Waals surface area contributed by atoms with Crippen LogP contribution in [0.1, 0.15) is 36.2 Å². The molecule has 0 aromatic carbocycles. The number of carbonyl (C=O) groups excluding carboxylic acids is 1. The number of hydrogen-bond acceptors (Lipinski definition) is 4. The van der Waals surface area contributed by atoms with E-state index in [1.54, 1.807) is 11.9 Å². The minimum atomic E-state index is -3.56. The van der Waals surface area contributed by atoms with Crippen molar-refractivity contribution in [2.75, 3.05) is 47.3 Å². The molecule has 0 atom stereocenters. The third-order valence-corrected chi connectivity index (χ3v) is 6.15. The Bertz CT molecular complexity index is 648. The quantitative estimate of drug-likeness (QED) is 0.711. The van der Waals surface area contributed by atoms with Crippen molar-refractivity contribution in [2.45, 2.75) is 30.6 Å². The molecule has 1 aliphatic rings. The SMILES string of the molecule is CN(C)CCCCN(C)S(=O)(=O)c1c[nH]c(C(=O)N2CCCC2)c1. The minimum Gasteiger partial charge on any atom is -0.356 e. The van der Waals surface area contributed by atoms with Crippen molar-refractivity contribution in [2.24, 2.45) is 0 Å². The van der Waals surface area contributed by atoms with Gasteiger partial charge in [-0.2, -0.15) is 0 Å². The maximum absolute atomic E-state index is 12.6. The molecule has 1 aromatic heterocycles. The Morgan fingerprint density at radius 2 is 1.79 bits per heavy atom. The molecule has 1 fully saturated rings. The summed E-state index contributed by atoms with van der Waals surface area (Å²) >= 11 is 0. The van der Waals surface area contributed by atoms with Crippen molar-refractivity contribution < 1.29 is 13.2 Å². The molecular formula is C16H28N4O3S. The van der Waals surface area contributed by atoms with Gasteiger partial charge in [0.2, 0.25) is 10.0 Å². The van der Waals surface area contributed by atoms with Crippen molar-refractivity contribution >= 4 is 15.9 Å². The Balaban J connectivity index is 1.97. The molecule has 24 heavy (non-hydrogen) atoms. The summed E-state index contributed by atoms with van der Waals surface area (Å²) < 4.78 is 26.5. The summed E-state index contributed by atoms with van der Waals surface area (Å²) in [7, 11) is 2.02. The Labute approximate surface area is 144 Å². The summed E-state index contributed by atoms with van der Waals surface area (Å²) in [4.78, 5) is 19.1. The fourth-order valence-electron chi connectivity index (χ4n) is 2.80. The van der Waals surface area contributed by atoms with Gasteiger partial charge in [0.05, 0.1) is 0 Å². The van der Waals surface area contributed by atoms with Crippen molar-refractivity contribution in [3.63, 3.8) is 0 Å². The molecule has 7 nitrogen and oxygen atoms in total. The minimum absolute atomic E-state index is 0.123. The summed E-state index contributed by atoms with van der Waals surface area (Å²) in [6, 6.07) is 1.45. The zero-order valence-corrected chi connectivity index (χ0v) is 15.6. The average molecular weight is 356 g/mol. The maximum atomic E-state index is 12.6. The lowest BCUT2D eigenvalue weighted by atomic mass is 10.3. The normalized spacial score (nSPS) is 15.6. The van der Waals surface area contributed by atoms with Crippen molar-refractivity contribution in [1.29, 1.82) is 0 Å². The van der Waals surface area contributed by atoms with Crippen LogP contribution < -0.4 is 0 Å². The molecule has 8 heteroatoms. The first-order valence-corrected chi connectivity index (χ1v) is 9.85. The molecule has 1 N–H and O–H groups in total. The highest BCUT2D eigenvalue weighted by Crippen LogP contribution is 2.18. The van der Waals surface area contributed by atoms with Gasteiger partial charge in [0.25, 0.3) is 5.91 Å². The molecular weight excluding hydrogens is 328 g/mol. The number of aromatic amines is 1. The van der Waals surface area contributed by atoms with E-state index in [-0.39, 0.29) is 10.8 Å². The molecule has 1 aliphatic heterocycles. The lowest BCUT2D eigenvalue weighted by molar-refractivity contribution is 0.0787. The molecule has 1 aromatic rings. The number of nitrogens with one attached hydrogen (secondary N) is 1. The van der Waals surface area contributed by atoms with Crippen LogP contribution in [0.4, 0.5) is 0 Å². The predicted molar refractivity (Wildman–Crippen MR) is 93.5 cm³/mol. The number of sulfonamides is 1. The van der Waals surface area contributed by atoms with Crippen molar-refractivity contribution in [3.05, 3.63) is 18.0 Å². The zero-order valence-electron chi connectivity index (χ0n) is 14.8. The van der Waals surface area contributed by atoms with Crippen LogP contribution in [0.25, 0.3) is 0 Å². The average Bonchev–Trinajstić information content (AvgIpc) is 3.21. The van der Waals surface area contributed by atoms with Gasteiger partial charge in [-0.25, -0.2) is 12.7 Å². The third kappa shape index (κ3) is 4.58. The second-order valence-corrected chi connectivity index (χ2v) is 8.63. The molecule has 0 spiro atoms. The number of H-pyrrole nitrogens is 1. The maximum Gasteiger partial charge on any atom is 0.270 e. The second-order valence-electron chi connectivity index (χ2n) is 6.59. The Morgan fingerprint density at radius 1 is 1.17 bits per heavy atom. The van der Waals surface area contributed by atoms with Gasteiger partial charge in [-0.3, -0.25) is 4.79 Å². The van der Waals surface area contributed by atoms with Crippen LogP contribution in [-0.4, -0.2) is 80.7 Å². The standard InChI is InChI=1S/C16H28N4O3S/c1-18(2)8-4-5-9-19(3)24(22,23)14-12-15(17-13-14)16(21)20-10-6-7-11-20/h12-13,17H,4-11H2,1-3H3. The number of amides is 1.